The number of unbranched alkanes of at least 4 members (excludes halogenated alkanes) is 7. The Balaban J connectivity index is 0.000000534. The number of imidazole rings is 1. The minimum Gasteiger partial charge on any atom is -0.475 e. The van der Waals surface area contributed by atoms with Crippen LogP contribution >= 0.6 is 0 Å². The number of carboxylic acid groups (broad SMARTS) is 1. The number of carboxylic acids is 1. The van der Waals surface area contributed by atoms with E-state index in [1.165, 1.54) is 51.4 Å². The van der Waals surface area contributed by atoms with Crippen molar-refractivity contribution < 1.29 is 23.1 Å². The molecule has 0 saturated carbocycles. The number of alkyl halides is 3. The first kappa shape index (κ1) is 20.5. The van der Waals surface area contributed by atoms with E-state index in [0.29, 0.717) is 0 Å². The van der Waals surface area contributed by atoms with Gasteiger partial charge in [0.15, 0.2) is 0 Å². The lowest BCUT2D eigenvalue weighted by atomic mass is 10.1. The van der Waals surface area contributed by atoms with E-state index < -0.39 is 12.1 Å². The molecule has 0 aromatic carbocycles. The second-order valence-corrected chi connectivity index (χ2v) is 5.08. The van der Waals surface area contributed by atoms with Crippen LogP contribution in [0.15, 0.2) is 18.7 Å². The Labute approximate surface area is 129 Å². The van der Waals surface area contributed by atoms with Crippen molar-refractivity contribution in [2.75, 3.05) is 0 Å². The van der Waals surface area contributed by atoms with Gasteiger partial charge in [-0.3, -0.25) is 0 Å². The van der Waals surface area contributed by atoms with Gasteiger partial charge in [0.1, 0.15) is 0 Å². The van der Waals surface area contributed by atoms with E-state index >= 15 is 0 Å². The van der Waals surface area contributed by atoms with Gasteiger partial charge in [-0.05, 0) is 6.42 Å². The van der Waals surface area contributed by atoms with Crippen molar-refractivity contribution in [3.63, 3.8) is 0 Å². The molecule has 1 aromatic rings. The van der Waals surface area contributed by atoms with Gasteiger partial charge in [0.2, 0.25) is 0 Å². The van der Waals surface area contributed by atoms with Gasteiger partial charge in [-0.25, -0.2) is 9.78 Å². The van der Waals surface area contributed by atoms with Gasteiger partial charge < -0.3 is 9.67 Å². The molecule has 0 unspecified atom stereocenters. The smallest absolute Gasteiger partial charge is 0.475 e. The molecule has 0 aliphatic rings. The van der Waals surface area contributed by atoms with E-state index in [1.54, 1.807) is 0 Å². The molecule has 0 atom stereocenters. The summed E-state index contributed by atoms with van der Waals surface area (Å²) in [4.78, 5) is 12.9. The summed E-state index contributed by atoms with van der Waals surface area (Å²) < 4.78 is 33.9. The van der Waals surface area contributed by atoms with Crippen molar-refractivity contribution >= 4 is 5.97 Å². The zero-order valence-electron chi connectivity index (χ0n) is 13.0. The van der Waals surface area contributed by atoms with Gasteiger partial charge in [-0.2, -0.15) is 13.2 Å². The Morgan fingerprint density at radius 1 is 1.09 bits per heavy atom. The van der Waals surface area contributed by atoms with Crippen molar-refractivity contribution in [3.05, 3.63) is 18.7 Å². The first-order valence-electron chi connectivity index (χ1n) is 7.63. The van der Waals surface area contributed by atoms with Gasteiger partial charge in [-0.1, -0.05) is 51.9 Å². The summed E-state index contributed by atoms with van der Waals surface area (Å²) in [5.74, 6) is -2.76. The van der Waals surface area contributed by atoms with Crippen LogP contribution in [-0.2, 0) is 11.3 Å². The van der Waals surface area contributed by atoms with Crippen molar-refractivity contribution in [2.45, 2.75) is 71.0 Å². The van der Waals surface area contributed by atoms with Gasteiger partial charge >= 0.3 is 12.1 Å². The molecule has 0 fully saturated rings. The van der Waals surface area contributed by atoms with E-state index in [9.17, 15) is 13.2 Å². The predicted octanol–water partition coefficient (Wildman–Crippen LogP) is 4.66. The molecule has 0 amide bonds. The lowest BCUT2D eigenvalue weighted by Crippen LogP contribution is -2.21. The SMILES string of the molecule is CCCCCCCCCCn1ccnc1.O=C(O)C(F)(F)F. The van der Waals surface area contributed by atoms with E-state index in [0.717, 1.165) is 6.54 Å². The van der Waals surface area contributed by atoms with Crippen molar-refractivity contribution in [2.24, 2.45) is 0 Å². The summed E-state index contributed by atoms with van der Waals surface area (Å²) in [5, 5.41) is 7.12. The highest BCUT2D eigenvalue weighted by Gasteiger charge is 2.38. The molecule has 4 nitrogen and oxygen atoms in total. The fourth-order valence-corrected chi connectivity index (χ4v) is 1.85. The Kier molecular flexibility index (Phi) is 11.2. The Morgan fingerprint density at radius 2 is 1.59 bits per heavy atom. The third-order valence-electron chi connectivity index (χ3n) is 3.07. The fourth-order valence-electron chi connectivity index (χ4n) is 1.85. The van der Waals surface area contributed by atoms with Crippen LogP contribution in [0.25, 0.3) is 0 Å². The monoisotopic (exact) mass is 322 g/mol. The maximum absolute atomic E-state index is 10.6. The number of aromatic nitrogens is 2. The molecular weight excluding hydrogens is 297 g/mol. The lowest BCUT2D eigenvalue weighted by Gasteiger charge is -2.02. The number of hydrogen-bond acceptors (Lipinski definition) is 2. The number of nitrogens with zero attached hydrogens (tertiary/aromatic N) is 2. The number of halogens is 3. The van der Waals surface area contributed by atoms with Crippen LogP contribution in [0.1, 0.15) is 58.3 Å². The van der Waals surface area contributed by atoms with Crippen LogP contribution in [-0.4, -0.2) is 26.8 Å². The third-order valence-corrected chi connectivity index (χ3v) is 3.07. The highest BCUT2D eigenvalue weighted by atomic mass is 19.4. The van der Waals surface area contributed by atoms with Crippen LogP contribution < -0.4 is 0 Å². The molecule has 0 aliphatic heterocycles. The van der Waals surface area contributed by atoms with E-state index in [2.05, 4.69) is 16.5 Å². The number of carbonyl (C=O) groups is 1. The van der Waals surface area contributed by atoms with Crippen molar-refractivity contribution in [1.82, 2.24) is 9.55 Å². The molecule has 7 heteroatoms. The quantitative estimate of drug-likeness (QED) is 0.673. The highest BCUT2D eigenvalue weighted by molar-refractivity contribution is 5.73. The molecule has 0 bridgehead atoms. The third kappa shape index (κ3) is 12.2. The fraction of sp³-hybridized carbons (Fsp3) is 0.733. The maximum Gasteiger partial charge on any atom is 0.490 e. The summed E-state index contributed by atoms with van der Waals surface area (Å²) in [6.07, 6.45) is 11.8. The van der Waals surface area contributed by atoms with Crippen molar-refractivity contribution in [3.8, 4) is 0 Å². The van der Waals surface area contributed by atoms with E-state index in [1.807, 2.05) is 18.7 Å². The van der Waals surface area contributed by atoms with E-state index in [-0.39, 0.29) is 0 Å². The second kappa shape index (κ2) is 12.1. The average Bonchev–Trinajstić information content (AvgIpc) is 2.94. The average molecular weight is 322 g/mol. The second-order valence-electron chi connectivity index (χ2n) is 5.08. The van der Waals surface area contributed by atoms with Crippen LogP contribution in [0.2, 0.25) is 0 Å². The largest absolute Gasteiger partial charge is 0.490 e. The molecule has 0 aliphatic carbocycles. The zero-order valence-corrected chi connectivity index (χ0v) is 13.0. The number of aliphatic carboxylic acids is 1. The molecule has 1 rings (SSSR count). The Bertz CT molecular complexity index is 379. The Morgan fingerprint density at radius 3 is 2.00 bits per heavy atom. The standard InChI is InChI=1S/C13H24N2.C2HF3O2/c1-2-3-4-5-6-7-8-9-11-15-12-10-14-13-15;3-2(4,5)1(6)7/h10,12-13H,2-9,11H2,1H3;(H,6,7). The zero-order chi connectivity index (χ0) is 16.8. The summed E-state index contributed by atoms with van der Waals surface area (Å²) in [6.45, 7) is 3.40. The Hall–Kier alpha value is -1.53. The number of hydrogen-bond donors (Lipinski definition) is 1. The number of aryl methyl sites for hydroxylation is 1. The van der Waals surface area contributed by atoms with Gasteiger partial charge in [0.05, 0.1) is 6.33 Å². The van der Waals surface area contributed by atoms with Gasteiger partial charge in [0, 0.05) is 18.9 Å². The molecule has 22 heavy (non-hydrogen) atoms. The van der Waals surface area contributed by atoms with Crippen molar-refractivity contribution in [1.29, 1.82) is 0 Å². The van der Waals surface area contributed by atoms with Crippen LogP contribution in [0.3, 0.4) is 0 Å². The normalized spacial score (nSPS) is 10.9. The molecular formula is C15H25F3N2O2. The molecule has 1 aromatic heterocycles. The van der Waals surface area contributed by atoms with Crippen LogP contribution in [0, 0.1) is 0 Å². The number of rotatable bonds is 9. The minimum absolute atomic E-state index is 1.13. The summed E-state index contributed by atoms with van der Waals surface area (Å²) in [7, 11) is 0. The molecule has 1 N–H and O–H groups in total. The molecule has 1 heterocycles. The maximum atomic E-state index is 10.6. The molecule has 0 radical (unpaired) electrons. The summed E-state index contributed by atoms with van der Waals surface area (Å²) >= 11 is 0. The van der Waals surface area contributed by atoms with Crippen LogP contribution in [0.5, 0.6) is 0 Å². The van der Waals surface area contributed by atoms with E-state index in [4.69, 9.17) is 9.90 Å². The summed E-state index contributed by atoms with van der Waals surface area (Å²) in [5.41, 5.74) is 0. The molecule has 0 saturated heterocycles. The predicted molar refractivity (Wildman–Crippen MR) is 78.5 cm³/mol. The van der Waals surface area contributed by atoms with Gasteiger partial charge in [0.25, 0.3) is 0 Å². The molecule has 0 spiro atoms. The molecule has 128 valence electrons. The summed E-state index contributed by atoms with van der Waals surface area (Å²) in [6, 6.07) is 0. The topological polar surface area (TPSA) is 55.1 Å². The highest BCUT2D eigenvalue weighted by Crippen LogP contribution is 2.13. The first-order chi connectivity index (χ1) is 10.4. The first-order valence-corrected chi connectivity index (χ1v) is 7.63. The van der Waals surface area contributed by atoms with Crippen LogP contribution in [0.4, 0.5) is 13.2 Å². The van der Waals surface area contributed by atoms with Gasteiger partial charge in [-0.15, -0.1) is 0 Å². The lowest BCUT2D eigenvalue weighted by molar-refractivity contribution is -0.192. The minimum atomic E-state index is -5.08.